The Bertz CT molecular complexity index is 786. The third-order valence-electron chi connectivity index (χ3n) is 3.06. The Morgan fingerprint density at radius 2 is 1.95 bits per heavy atom. The van der Waals surface area contributed by atoms with Gasteiger partial charge in [0.05, 0.1) is 11.3 Å². The quantitative estimate of drug-likeness (QED) is 0.757. The van der Waals surface area contributed by atoms with Gasteiger partial charge in [-0.1, -0.05) is 65.4 Å². The fourth-order valence-electron chi connectivity index (χ4n) is 2.06. The lowest BCUT2D eigenvalue weighted by atomic mass is 10.1. The number of thiazole rings is 1. The predicted molar refractivity (Wildman–Crippen MR) is 91.3 cm³/mol. The van der Waals surface area contributed by atoms with Gasteiger partial charge in [-0.2, -0.15) is 0 Å². The summed E-state index contributed by atoms with van der Waals surface area (Å²) in [5, 5.41) is 4.06. The average molecular weight is 329 g/mol. The molecule has 1 aromatic heterocycles. The molecule has 0 saturated heterocycles. The third kappa shape index (κ3) is 3.72. The van der Waals surface area contributed by atoms with Crippen LogP contribution in [0.2, 0.25) is 5.02 Å². The highest BCUT2D eigenvalue weighted by molar-refractivity contribution is 7.19. The predicted octanol–water partition coefficient (Wildman–Crippen LogP) is 4.64. The Balaban J connectivity index is 1.66. The van der Waals surface area contributed by atoms with Gasteiger partial charge in [0, 0.05) is 11.2 Å². The maximum absolute atomic E-state index is 12.1. The van der Waals surface area contributed by atoms with Gasteiger partial charge in [0.1, 0.15) is 0 Å². The second kappa shape index (κ2) is 6.73. The standard InChI is InChI=1S/C17H13ClN2OS/c18-14-8-4-5-12(9-14)10-16(21)20-17-19-11-15(22-17)13-6-2-1-3-7-13/h1-9,11H,10H2,(H,19,20,21). The van der Waals surface area contributed by atoms with Crippen LogP contribution >= 0.6 is 22.9 Å². The molecule has 0 aliphatic heterocycles. The minimum Gasteiger partial charge on any atom is -0.302 e. The zero-order valence-electron chi connectivity index (χ0n) is 11.6. The molecular weight excluding hydrogens is 316 g/mol. The first-order valence-corrected chi connectivity index (χ1v) is 7.96. The minimum absolute atomic E-state index is 0.101. The van der Waals surface area contributed by atoms with E-state index in [9.17, 15) is 4.79 Å². The summed E-state index contributed by atoms with van der Waals surface area (Å²) in [6.07, 6.45) is 2.05. The topological polar surface area (TPSA) is 42.0 Å². The lowest BCUT2D eigenvalue weighted by Gasteiger charge is -2.02. The molecule has 2 aromatic carbocycles. The van der Waals surface area contributed by atoms with Gasteiger partial charge in [-0.3, -0.25) is 4.79 Å². The highest BCUT2D eigenvalue weighted by Crippen LogP contribution is 2.28. The van der Waals surface area contributed by atoms with E-state index in [1.165, 1.54) is 11.3 Å². The molecule has 0 unspecified atom stereocenters. The summed E-state index contributed by atoms with van der Waals surface area (Å²) in [7, 11) is 0. The molecule has 1 N–H and O–H groups in total. The van der Waals surface area contributed by atoms with Crippen LogP contribution in [0.3, 0.4) is 0 Å². The van der Waals surface area contributed by atoms with Crippen LogP contribution in [-0.4, -0.2) is 10.9 Å². The van der Waals surface area contributed by atoms with Gasteiger partial charge in [-0.05, 0) is 23.3 Å². The number of halogens is 1. The molecule has 1 amide bonds. The zero-order chi connectivity index (χ0) is 15.4. The summed E-state index contributed by atoms with van der Waals surface area (Å²) < 4.78 is 0. The normalized spacial score (nSPS) is 10.4. The molecule has 0 spiro atoms. The molecule has 0 radical (unpaired) electrons. The monoisotopic (exact) mass is 328 g/mol. The fourth-order valence-corrected chi connectivity index (χ4v) is 3.11. The first kappa shape index (κ1) is 14.8. The van der Waals surface area contributed by atoms with Crippen molar-refractivity contribution in [2.24, 2.45) is 0 Å². The number of rotatable bonds is 4. The Kier molecular flexibility index (Phi) is 4.51. The summed E-state index contributed by atoms with van der Waals surface area (Å²) in [6.45, 7) is 0. The number of nitrogens with one attached hydrogen (secondary N) is 1. The van der Waals surface area contributed by atoms with Crippen LogP contribution in [0.25, 0.3) is 10.4 Å². The van der Waals surface area contributed by atoms with Crippen LogP contribution in [0.15, 0.2) is 60.8 Å². The Morgan fingerprint density at radius 1 is 1.14 bits per heavy atom. The van der Waals surface area contributed by atoms with Crippen molar-refractivity contribution in [1.82, 2.24) is 4.98 Å². The molecule has 3 aromatic rings. The van der Waals surface area contributed by atoms with Crippen LogP contribution in [-0.2, 0) is 11.2 Å². The summed E-state index contributed by atoms with van der Waals surface area (Å²) in [4.78, 5) is 17.3. The molecule has 22 heavy (non-hydrogen) atoms. The number of hydrogen-bond donors (Lipinski definition) is 1. The van der Waals surface area contributed by atoms with E-state index in [-0.39, 0.29) is 12.3 Å². The van der Waals surface area contributed by atoms with Gasteiger partial charge >= 0.3 is 0 Å². The fraction of sp³-hybridized carbons (Fsp3) is 0.0588. The van der Waals surface area contributed by atoms with Crippen molar-refractivity contribution in [1.29, 1.82) is 0 Å². The third-order valence-corrected chi connectivity index (χ3v) is 4.26. The highest BCUT2D eigenvalue weighted by atomic mass is 35.5. The van der Waals surface area contributed by atoms with Crippen molar-refractivity contribution < 1.29 is 4.79 Å². The molecule has 3 rings (SSSR count). The smallest absolute Gasteiger partial charge is 0.230 e. The second-order valence-corrected chi connectivity index (χ2v) is 6.22. The maximum Gasteiger partial charge on any atom is 0.230 e. The minimum atomic E-state index is -0.101. The molecule has 0 aliphatic carbocycles. The molecule has 0 saturated carbocycles. The largest absolute Gasteiger partial charge is 0.302 e. The van der Waals surface area contributed by atoms with Gasteiger partial charge in [0.15, 0.2) is 5.13 Å². The van der Waals surface area contributed by atoms with Gasteiger partial charge in [-0.25, -0.2) is 4.98 Å². The van der Waals surface area contributed by atoms with E-state index in [0.717, 1.165) is 16.0 Å². The molecule has 110 valence electrons. The lowest BCUT2D eigenvalue weighted by molar-refractivity contribution is -0.115. The molecule has 3 nitrogen and oxygen atoms in total. The Hall–Kier alpha value is -2.17. The van der Waals surface area contributed by atoms with E-state index in [2.05, 4.69) is 10.3 Å². The molecule has 5 heteroatoms. The molecule has 0 aliphatic rings. The maximum atomic E-state index is 12.1. The average Bonchev–Trinajstić information content (AvgIpc) is 2.96. The molecule has 0 bridgehead atoms. The van der Waals surface area contributed by atoms with Crippen LogP contribution in [0.1, 0.15) is 5.56 Å². The van der Waals surface area contributed by atoms with Gasteiger partial charge in [0.2, 0.25) is 5.91 Å². The van der Waals surface area contributed by atoms with Gasteiger partial charge in [-0.15, -0.1) is 0 Å². The van der Waals surface area contributed by atoms with E-state index >= 15 is 0 Å². The lowest BCUT2D eigenvalue weighted by Crippen LogP contribution is -2.14. The molecule has 0 atom stereocenters. The van der Waals surface area contributed by atoms with Crippen molar-refractivity contribution in [2.75, 3.05) is 5.32 Å². The Labute approximate surface area is 137 Å². The van der Waals surface area contributed by atoms with Gasteiger partial charge in [0.25, 0.3) is 0 Å². The number of nitrogens with zero attached hydrogens (tertiary/aromatic N) is 1. The number of aromatic nitrogens is 1. The van der Waals surface area contributed by atoms with Crippen LogP contribution in [0.5, 0.6) is 0 Å². The van der Waals surface area contributed by atoms with E-state index in [1.54, 1.807) is 18.3 Å². The zero-order valence-corrected chi connectivity index (χ0v) is 13.2. The number of amides is 1. The number of anilines is 1. The summed E-state index contributed by atoms with van der Waals surface area (Å²) in [5.41, 5.74) is 1.97. The summed E-state index contributed by atoms with van der Waals surface area (Å²) in [5.74, 6) is -0.101. The first-order valence-electron chi connectivity index (χ1n) is 6.76. The summed E-state index contributed by atoms with van der Waals surface area (Å²) in [6, 6.07) is 17.3. The van der Waals surface area contributed by atoms with E-state index < -0.39 is 0 Å². The van der Waals surface area contributed by atoms with Gasteiger partial charge < -0.3 is 5.32 Å². The Morgan fingerprint density at radius 3 is 2.73 bits per heavy atom. The van der Waals surface area contributed by atoms with E-state index in [0.29, 0.717) is 10.2 Å². The number of carbonyl (C=O) groups excluding carboxylic acids is 1. The van der Waals surface area contributed by atoms with Crippen molar-refractivity contribution >= 4 is 34.0 Å². The van der Waals surface area contributed by atoms with Crippen molar-refractivity contribution in [2.45, 2.75) is 6.42 Å². The SMILES string of the molecule is O=C(Cc1cccc(Cl)c1)Nc1ncc(-c2ccccc2)s1. The van der Waals surface area contributed by atoms with Crippen molar-refractivity contribution in [3.8, 4) is 10.4 Å². The van der Waals surface area contributed by atoms with Crippen molar-refractivity contribution in [3.63, 3.8) is 0 Å². The summed E-state index contributed by atoms with van der Waals surface area (Å²) >= 11 is 7.38. The highest BCUT2D eigenvalue weighted by Gasteiger charge is 2.09. The van der Waals surface area contributed by atoms with Crippen LogP contribution in [0.4, 0.5) is 5.13 Å². The van der Waals surface area contributed by atoms with Crippen molar-refractivity contribution in [3.05, 3.63) is 71.4 Å². The van der Waals surface area contributed by atoms with Crippen LogP contribution in [0, 0.1) is 0 Å². The molecule has 0 fully saturated rings. The first-order chi connectivity index (χ1) is 10.7. The number of hydrogen-bond acceptors (Lipinski definition) is 3. The molecular formula is C17H13ClN2OS. The molecule has 1 heterocycles. The number of carbonyl (C=O) groups is 1. The van der Waals surface area contributed by atoms with Crippen LogP contribution < -0.4 is 5.32 Å². The van der Waals surface area contributed by atoms with E-state index in [4.69, 9.17) is 11.6 Å². The van der Waals surface area contributed by atoms with E-state index in [1.807, 2.05) is 42.5 Å². The second-order valence-electron chi connectivity index (χ2n) is 4.75. The number of benzene rings is 2.